The molecule has 0 radical (unpaired) electrons. The average molecular weight is 269 g/mol. The third-order valence-electron chi connectivity index (χ3n) is 3.24. The summed E-state index contributed by atoms with van der Waals surface area (Å²) < 4.78 is 0. The number of phenols is 1. The van der Waals surface area contributed by atoms with Crippen LogP contribution < -0.4 is 0 Å². The minimum Gasteiger partial charge on any atom is -0.506 e. The van der Waals surface area contributed by atoms with E-state index in [1.165, 1.54) is 0 Å². The summed E-state index contributed by atoms with van der Waals surface area (Å²) in [7, 11) is 0. The highest BCUT2D eigenvalue weighted by atomic mass is 35.5. The third kappa shape index (κ3) is 3.15. The largest absolute Gasteiger partial charge is 0.506 e. The monoisotopic (exact) mass is 268 g/mol. The van der Waals surface area contributed by atoms with Gasteiger partial charge in [-0.25, -0.2) is 0 Å². The summed E-state index contributed by atoms with van der Waals surface area (Å²) in [6, 6.07) is 5.27. The molecular formula is C13H17ClN2O2. The van der Waals surface area contributed by atoms with Crippen molar-refractivity contribution in [2.24, 2.45) is 0 Å². The van der Waals surface area contributed by atoms with Crippen molar-refractivity contribution in [3.63, 3.8) is 0 Å². The van der Waals surface area contributed by atoms with Crippen LogP contribution in [0, 0.1) is 0 Å². The van der Waals surface area contributed by atoms with Gasteiger partial charge in [0.2, 0.25) is 5.91 Å². The summed E-state index contributed by atoms with van der Waals surface area (Å²) in [6.45, 7) is 5.71. The first kappa shape index (κ1) is 13.2. The molecule has 1 fully saturated rings. The number of rotatable bonds is 2. The molecule has 1 N–H and O–H groups in total. The molecule has 1 aliphatic rings. The molecule has 0 aromatic heterocycles. The molecule has 2 rings (SSSR count). The molecule has 0 aliphatic carbocycles. The maximum Gasteiger partial charge on any atom is 0.219 e. The number of hydrogen-bond acceptors (Lipinski definition) is 3. The Hall–Kier alpha value is -1.26. The quantitative estimate of drug-likeness (QED) is 0.888. The molecular weight excluding hydrogens is 252 g/mol. The number of amides is 1. The third-order valence-corrected chi connectivity index (χ3v) is 3.54. The number of aromatic hydroxyl groups is 1. The topological polar surface area (TPSA) is 43.8 Å². The Kier molecular flexibility index (Phi) is 4.09. The summed E-state index contributed by atoms with van der Waals surface area (Å²) in [5, 5.41) is 9.74. The van der Waals surface area contributed by atoms with Crippen molar-refractivity contribution in [2.75, 3.05) is 26.2 Å². The fourth-order valence-corrected chi connectivity index (χ4v) is 2.33. The normalized spacial score (nSPS) is 16.9. The van der Waals surface area contributed by atoms with Gasteiger partial charge in [0.1, 0.15) is 5.75 Å². The van der Waals surface area contributed by atoms with Gasteiger partial charge in [-0.1, -0.05) is 17.7 Å². The van der Waals surface area contributed by atoms with Crippen LogP contribution in [0.3, 0.4) is 0 Å². The molecule has 0 unspecified atom stereocenters. The number of carbonyl (C=O) groups is 1. The van der Waals surface area contributed by atoms with Gasteiger partial charge in [0.05, 0.1) is 5.02 Å². The predicted octanol–water partition coefficient (Wildman–Crippen LogP) is 1.71. The Balaban J connectivity index is 1.91. The molecule has 5 heteroatoms. The number of benzene rings is 1. The SMILES string of the molecule is CC(=O)N1CCN(Cc2ccc(O)c(Cl)c2)CC1. The Labute approximate surface area is 112 Å². The van der Waals surface area contributed by atoms with Gasteiger partial charge in [0.15, 0.2) is 0 Å². The summed E-state index contributed by atoms with van der Waals surface area (Å²) in [5.41, 5.74) is 1.08. The van der Waals surface area contributed by atoms with E-state index in [4.69, 9.17) is 11.6 Å². The first-order chi connectivity index (χ1) is 8.56. The highest BCUT2D eigenvalue weighted by molar-refractivity contribution is 6.32. The maximum absolute atomic E-state index is 11.2. The van der Waals surface area contributed by atoms with Crippen molar-refractivity contribution in [3.8, 4) is 5.75 Å². The molecule has 1 saturated heterocycles. The van der Waals surface area contributed by atoms with Crippen molar-refractivity contribution in [1.29, 1.82) is 0 Å². The maximum atomic E-state index is 11.2. The van der Waals surface area contributed by atoms with Crippen LogP contribution in [0.15, 0.2) is 18.2 Å². The molecule has 0 spiro atoms. The molecule has 1 aliphatic heterocycles. The highest BCUT2D eigenvalue weighted by Crippen LogP contribution is 2.24. The van der Waals surface area contributed by atoms with Gasteiger partial charge >= 0.3 is 0 Å². The molecule has 18 heavy (non-hydrogen) atoms. The van der Waals surface area contributed by atoms with Crippen LogP contribution >= 0.6 is 11.6 Å². The van der Waals surface area contributed by atoms with Gasteiger partial charge in [0.25, 0.3) is 0 Å². The molecule has 1 amide bonds. The number of piperazine rings is 1. The number of hydrogen-bond donors (Lipinski definition) is 1. The van der Waals surface area contributed by atoms with Crippen molar-refractivity contribution in [1.82, 2.24) is 9.80 Å². The van der Waals surface area contributed by atoms with E-state index in [0.29, 0.717) is 5.02 Å². The molecule has 0 bridgehead atoms. The van der Waals surface area contributed by atoms with Crippen molar-refractivity contribution in [3.05, 3.63) is 28.8 Å². The summed E-state index contributed by atoms with van der Waals surface area (Å²) in [4.78, 5) is 15.3. The van der Waals surface area contributed by atoms with Gasteiger partial charge in [0, 0.05) is 39.6 Å². The first-order valence-electron chi connectivity index (χ1n) is 6.01. The van der Waals surface area contributed by atoms with Gasteiger partial charge in [-0.3, -0.25) is 9.69 Å². The Morgan fingerprint density at radius 3 is 2.56 bits per heavy atom. The van der Waals surface area contributed by atoms with Crippen LogP contribution in [0.2, 0.25) is 5.02 Å². The van der Waals surface area contributed by atoms with Crippen LogP contribution in [0.4, 0.5) is 0 Å². The van der Waals surface area contributed by atoms with Crippen LogP contribution in [0.25, 0.3) is 0 Å². The lowest BCUT2D eigenvalue weighted by molar-refractivity contribution is -0.130. The summed E-state index contributed by atoms with van der Waals surface area (Å²) in [6.07, 6.45) is 0. The fraction of sp³-hybridized carbons (Fsp3) is 0.462. The molecule has 1 aromatic rings. The van der Waals surface area contributed by atoms with E-state index in [0.717, 1.165) is 38.3 Å². The van der Waals surface area contributed by atoms with Crippen LogP contribution in [0.5, 0.6) is 5.75 Å². The Morgan fingerprint density at radius 2 is 2.00 bits per heavy atom. The van der Waals surface area contributed by atoms with Crippen LogP contribution in [-0.4, -0.2) is 47.0 Å². The predicted molar refractivity (Wildman–Crippen MR) is 70.6 cm³/mol. The molecule has 98 valence electrons. The van der Waals surface area contributed by atoms with Crippen molar-refractivity contribution >= 4 is 17.5 Å². The van der Waals surface area contributed by atoms with Gasteiger partial charge in [-0.05, 0) is 17.7 Å². The molecule has 4 nitrogen and oxygen atoms in total. The fourth-order valence-electron chi connectivity index (χ4n) is 2.13. The number of carbonyl (C=O) groups excluding carboxylic acids is 1. The minimum absolute atomic E-state index is 0.113. The van der Waals surface area contributed by atoms with E-state index in [-0.39, 0.29) is 11.7 Å². The number of halogens is 1. The lowest BCUT2D eigenvalue weighted by Crippen LogP contribution is -2.47. The molecule has 1 heterocycles. The Bertz CT molecular complexity index is 443. The zero-order valence-electron chi connectivity index (χ0n) is 10.4. The summed E-state index contributed by atoms with van der Waals surface area (Å²) >= 11 is 5.87. The Morgan fingerprint density at radius 1 is 1.33 bits per heavy atom. The molecule has 0 atom stereocenters. The van der Waals surface area contributed by atoms with E-state index in [9.17, 15) is 9.90 Å². The lowest BCUT2D eigenvalue weighted by Gasteiger charge is -2.34. The van der Waals surface area contributed by atoms with E-state index in [2.05, 4.69) is 4.90 Å². The number of nitrogens with zero attached hydrogens (tertiary/aromatic N) is 2. The van der Waals surface area contributed by atoms with Gasteiger partial charge in [-0.15, -0.1) is 0 Å². The standard InChI is InChI=1S/C13H17ClN2O2/c1-10(17)16-6-4-15(5-7-16)9-11-2-3-13(18)12(14)8-11/h2-3,8,18H,4-7,9H2,1H3. The highest BCUT2D eigenvalue weighted by Gasteiger charge is 2.18. The minimum atomic E-state index is 0.113. The smallest absolute Gasteiger partial charge is 0.219 e. The van der Waals surface area contributed by atoms with Crippen LogP contribution in [0.1, 0.15) is 12.5 Å². The molecule has 1 aromatic carbocycles. The van der Waals surface area contributed by atoms with Gasteiger partial charge < -0.3 is 10.0 Å². The van der Waals surface area contributed by atoms with E-state index in [1.807, 2.05) is 11.0 Å². The number of phenolic OH excluding ortho intramolecular Hbond substituents is 1. The lowest BCUT2D eigenvalue weighted by atomic mass is 10.2. The average Bonchev–Trinajstić information content (AvgIpc) is 2.34. The molecule has 0 saturated carbocycles. The van der Waals surface area contributed by atoms with E-state index >= 15 is 0 Å². The van der Waals surface area contributed by atoms with E-state index < -0.39 is 0 Å². The van der Waals surface area contributed by atoms with E-state index in [1.54, 1.807) is 19.1 Å². The zero-order valence-corrected chi connectivity index (χ0v) is 11.2. The second-order valence-electron chi connectivity index (χ2n) is 4.57. The van der Waals surface area contributed by atoms with Crippen LogP contribution in [-0.2, 0) is 11.3 Å². The second kappa shape index (κ2) is 5.59. The van der Waals surface area contributed by atoms with Gasteiger partial charge in [-0.2, -0.15) is 0 Å². The zero-order chi connectivity index (χ0) is 13.1. The summed E-state index contributed by atoms with van der Waals surface area (Å²) in [5.74, 6) is 0.254. The first-order valence-corrected chi connectivity index (χ1v) is 6.39. The van der Waals surface area contributed by atoms with Crippen molar-refractivity contribution < 1.29 is 9.90 Å². The van der Waals surface area contributed by atoms with Crippen molar-refractivity contribution in [2.45, 2.75) is 13.5 Å². The second-order valence-corrected chi connectivity index (χ2v) is 4.98.